The molecule has 0 radical (unpaired) electrons. The lowest BCUT2D eigenvalue weighted by atomic mass is 9.74. The molecule has 94 valence electrons. The fourth-order valence-corrected chi connectivity index (χ4v) is 1.59. The normalized spacial score (nSPS) is 23.4. The molecule has 1 heterocycles. The Bertz CT molecular complexity index is 348. The van der Waals surface area contributed by atoms with E-state index in [1.54, 1.807) is 0 Å². The van der Waals surface area contributed by atoms with Gasteiger partial charge in [-0.2, -0.15) is 0 Å². The fourth-order valence-electron chi connectivity index (χ4n) is 1.59. The molecule has 0 spiro atoms. The van der Waals surface area contributed by atoms with E-state index < -0.39 is 0 Å². The molecule has 0 atom stereocenters. The first-order valence-electron chi connectivity index (χ1n) is 6.05. The quantitative estimate of drug-likeness (QED) is 0.547. The third kappa shape index (κ3) is 2.91. The van der Waals surface area contributed by atoms with E-state index in [-0.39, 0.29) is 18.3 Å². The Hall–Kier alpha value is -0.795. The highest BCUT2D eigenvalue weighted by atomic mass is 16.7. The Labute approximate surface area is 106 Å². The Morgan fingerprint density at radius 2 is 1.59 bits per heavy atom. The first-order chi connectivity index (χ1) is 7.71. The molecule has 0 N–H and O–H groups in total. The average Bonchev–Trinajstić information content (AvgIpc) is 2.35. The van der Waals surface area contributed by atoms with Crippen LogP contribution in [0.25, 0.3) is 0 Å². The molecule has 1 aliphatic heterocycles. The minimum absolute atomic E-state index is 0.303. The maximum atomic E-state index is 6.00. The van der Waals surface area contributed by atoms with Crippen molar-refractivity contribution in [3.8, 4) is 0 Å². The van der Waals surface area contributed by atoms with Crippen molar-refractivity contribution in [2.24, 2.45) is 0 Å². The van der Waals surface area contributed by atoms with E-state index in [0.29, 0.717) is 0 Å². The molecular weight excluding hydrogens is 211 g/mol. The number of hydrogen-bond donors (Lipinski definition) is 0. The third-order valence-electron chi connectivity index (χ3n) is 3.47. The van der Waals surface area contributed by atoms with Gasteiger partial charge in [-0.25, -0.2) is 0 Å². The Balaban J connectivity index is 2.99. The van der Waals surface area contributed by atoms with E-state index in [1.807, 2.05) is 32.1 Å². The van der Waals surface area contributed by atoms with Crippen LogP contribution in [0.5, 0.6) is 0 Å². The third-order valence-corrected chi connectivity index (χ3v) is 3.47. The van der Waals surface area contributed by atoms with Crippen LogP contribution in [0.4, 0.5) is 0 Å². The maximum Gasteiger partial charge on any atom is 0.495 e. The van der Waals surface area contributed by atoms with Gasteiger partial charge in [0.25, 0.3) is 0 Å². The van der Waals surface area contributed by atoms with Crippen LogP contribution in [0.15, 0.2) is 35.9 Å². The van der Waals surface area contributed by atoms with Crippen molar-refractivity contribution in [3.05, 3.63) is 35.9 Å². The molecule has 1 fully saturated rings. The standard InChI is InChI=1S/C14H23BO2/c1-8-9-10-12(11(2)3)15-16-13(4,5)14(6,7)17-15/h8-10H,2H2,1,3-7H3/b9-8-,12-10+. The van der Waals surface area contributed by atoms with Gasteiger partial charge in [-0.15, -0.1) is 0 Å². The zero-order valence-electron chi connectivity index (χ0n) is 11.8. The molecule has 0 saturated carbocycles. The molecule has 17 heavy (non-hydrogen) atoms. The molecule has 0 aliphatic carbocycles. The molecular formula is C14H23BO2. The van der Waals surface area contributed by atoms with E-state index in [2.05, 4.69) is 34.3 Å². The van der Waals surface area contributed by atoms with Crippen molar-refractivity contribution in [3.63, 3.8) is 0 Å². The number of allylic oxidation sites excluding steroid dienone is 5. The predicted molar refractivity (Wildman–Crippen MR) is 73.8 cm³/mol. The first kappa shape index (κ1) is 14.3. The smallest absolute Gasteiger partial charge is 0.399 e. The van der Waals surface area contributed by atoms with Gasteiger partial charge in [0.2, 0.25) is 0 Å². The first-order valence-corrected chi connectivity index (χ1v) is 6.05. The summed E-state index contributed by atoms with van der Waals surface area (Å²) in [6, 6.07) is 0. The van der Waals surface area contributed by atoms with Crippen molar-refractivity contribution in [2.75, 3.05) is 0 Å². The van der Waals surface area contributed by atoms with E-state index in [1.165, 1.54) is 0 Å². The second-order valence-electron chi connectivity index (χ2n) is 5.52. The molecule has 0 bridgehead atoms. The summed E-state index contributed by atoms with van der Waals surface area (Å²) in [6.45, 7) is 16.2. The zero-order valence-corrected chi connectivity index (χ0v) is 11.8. The minimum atomic E-state index is -0.325. The highest BCUT2D eigenvalue weighted by Gasteiger charge is 2.52. The summed E-state index contributed by atoms with van der Waals surface area (Å²) < 4.78 is 12.0. The van der Waals surface area contributed by atoms with Gasteiger partial charge in [0.1, 0.15) is 0 Å². The largest absolute Gasteiger partial charge is 0.495 e. The fraction of sp³-hybridized carbons (Fsp3) is 0.571. The predicted octanol–water partition coefficient (Wildman–Crippen LogP) is 3.70. The van der Waals surface area contributed by atoms with Crippen LogP contribution < -0.4 is 0 Å². The summed E-state index contributed by atoms with van der Waals surface area (Å²) >= 11 is 0. The van der Waals surface area contributed by atoms with Gasteiger partial charge in [-0.05, 0) is 47.0 Å². The number of hydrogen-bond acceptors (Lipinski definition) is 2. The molecule has 0 amide bonds. The molecule has 1 rings (SSSR count). The van der Waals surface area contributed by atoms with Crippen LogP contribution in [0, 0.1) is 0 Å². The molecule has 0 aromatic heterocycles. The minimum Gasteiger partial charge on any atom is -0.399 e. The Kier molecular flexibility index (Phi) is 4.05. The highest BCUT2D eigenvalue weighted by Crippen LogP contribution is 2.39. The molecule has 1 aliphatic rings. The van der Waals surface area contributed by atoms with Crippen LogP contribution in [0.1, 0.15) is 41.5 Å². The summed E-state index contributed by atoms with van der Waals surface area (Å²) in [5, 5.41) is 0. The van der Waals surface area contributed by atoms with Crippen molar-refractivity contribution in [2.45, 2.75) is 52.7 Å². The van der Waals surface area contributed by atoms with E-state index in [4.69, 9.17) is 9.31 Å². The SMILES string of the molecule is C=C(C)/C(=C\C=C/C)B1OC(C)(C)C(C)(C)O1. The summed E-state index contributed by atoms with van der Waals surface area (Å²) in [7, 11) is -0.325. The van der Waals surface area contributed by atoms with Gasteiger partial charge in [-0.3, -0.25) is 0 Å². The van der Waals surface area contributed by atoms with E-state index >= 15 is 0 Å². The van der Waals surface area contributed by atoms with Crippen LogP contribution >= 0.6 is 0 Å². The molecule has 1 saturated heterocycles. The summed E-state index contributed by atoms with van der Waals surface area (Å²) in [6.07, 6.45) is 5.97. The van der Waals surface area contributed by atoms with Crippen LogP contribution in [0.3, 0.4) is 0 Å². The van der Waals surface area contributed by atoms with Crippen molar-refractivity contribution in [1.29, 1.82) is 0 Å². The molecule has 3 heteroatoms. The molecule has 0 aromatic carbocycles. The van der Waals surface area contributed by atoms with Crippen LogP contribution in [-0.4, -0.2) is 18.3 Å². The molecule has 0 aromatic rings. The summed E-state index contributed by atoms with van der Waals surface area (Å²) in [5.74, 6) is 0. The topological polar surface area (TPSA) is 18.5 Å². The van der Waals surface area contributed by atoms with Gasteiger partial charge < -0.3 is 9.31 Å². The van der Waals surface area contributed by atoms with Crippen molar-refractivity contribution < 1.29 is 9.31 Å². The highest BCUT2D eigenvalue weighted by molar-refractivity contribution is 6.56. The van der Waals surface area contributed by atoms with Gasteiger partial charge in [-0.1, -0.05) is 30.4 Å². The molecule has 0 unspecified atom stereocenters. The Morgan fingerprint density at radius 1 is 1.12 bits per heavy atom. The second kappa shape index (κ2) is 4.83. The summed E-state index contributed by atoms with van der Waals surface area (Å²) in [5.41, 5.74) is 1.37. The molecule has 2 nitrogen and oxygen atoms in total. The lowest BCUT2D eigenvalue weighted by molar-refractivity contribution is 0.00578. The number of rotatable bonds is 3. The van der Waals surface area contributed by atoms with Gasteiger partial charge in [0, 0.05) is 0 Å². The van der Waals surface area contributed by atoms with Gasteiger partial charge in [0.05, 0.1) is 11.2 Å². The zero-order chi connectivity index (χ0) is 13.3. The van der Waals surface area contributed by atoms with Gasteiger partial charge >= 0.3 is 7.12 Å². The summed E-state index contributed by atoms with van der Waals surface area (Å²) in [4.78, 5) is 0. The van der Waals surface area contributed by atoms with Crippen molar-refractivity contribution >= 4 is 7.12 Å². The van der Waals surface area contributed by atoms with Crippen molar-refractivity contribution in [1.82, 2.24) is 0 Å². The maximum absolute atomic E-state index is 6.00. The van der Waals surface area contributed by atoms with Gasteiger partial charge in [0.15, 0.2) is 0 Å². The van der Waals surface area contributed by atoms with E-state index in [0.717, 1.165) is 11.0 Å². The monoisotopic (exact) mass is 234 g/mol. The second-order valence-corrected chi connectivity index (χ2v) is 5.52. The van der Waals surface area contributed by atoms with Crippen LogP contribution in [0.2, 0.25) is 0 Å². The van der Waals surface area contributed by atoms with Crippen LogP contribution in [-0.2, 0) is 9.31 Å². The van der Waals surface area contributed by atoms with E-state index in [9.17, 15) is 0 Å². The Morgan fingerprint density at radius 3 is 1.94 bits per heavy atom. The lowest BCUT2D eigenvalue weighted by Gasteiger charge is -2.32. The lowest BCUT2D eigenvalue weighted by Crippen LogP contribution is -2.41. The average molecular weight is 234 g/mol.